The van der Waals surface area contributed by atoms with Crippen LogP contribution in [0.15, 0.2) is 91.3 Å². The zero-order valence-corrected chi connectivity index (χ0v) is 29.2. The fourth-order valence-corrected chi connectivity index (χ4v) is 7.41. The van der Waals surface area contributed by atoms with E-state index in [1.54, 1.807) is 0 Å². The van der Waals surface area contributed by atoms with Crippen LogP contribution in [-0.4, -0.2) is 9.55 Å². The van der Waals surface area contributed by atoms with Crippen molar-refractivity contribution in [3.8, 4) is 39.3 Å². The molecule has 0 aliphatic heterocycles. The summed E-state index contributed by atoms with van der Waals surface area (Å²) in [6, 6.07) is 29.6. The van der Waals surface area contributed by atoms with Crippen molar-refractivity contribution < 1.29 is 0 Å². The Bertz CT molecular complexity index is 1720. The number of aryl methyl sites for hydroxylation is 2. The quantitative estimate of drug-likeness (QED) is 0.174. The van der Waals surface area contributed by atoms with Crippen molar-refractivity contribution in [2.75, 3.05) is 0 Å². The fraction of sp³-hybridized carbons (Fsp3) is 0.372. The molecule has 1 fully saturated rings. The van der Waals surface area contributed by atoms with Gasteiger partial charge in [-0.1, -0.05) is 122 Å². The second-order valence-electron chi connectivity index (χ2n) is 13.5. The van der Waals surface area contributed by atoms with Crippen LogP contribution in [0.2, 0.25) is 0 Å². The van der Waals surface area contributed by atoms with Crippen LogP contribution in [0.25, 0.3) is 39.3 Å². The summed E-state index contributed by atoms with van der Waals surface area (Å²) in [5.41, 5.74) is 14.7. The van der Waals surface area contributed by atoms with Crippen LogP contribution < -0.4 is 0 Å². The average Bonchev–Trinajstić information content (AvgIpc) is 3.47. The van der Waals surface area contributed by atoms with Gasteiger partial charge in [0.15, 0.2) is 0 Å². The Balaban J connectivity index is 0.00000196. The molecule has 234 valence electrons. The third-order valence-corrected chi connectivity index (χ3v) is 10.00. The molecule has 0 spiro atoms. The van der Waals surface area contributed by atoms with Gasteiger partial charge in [-0.2, -0.15) is 0 Å². The highest BCUT2D eigenvalue weighted by Gasteiger charge is 2.51. The highest BCUT2D eigenvalue weighted by Crippen LogP contribution is 2.58. The molecule has 1 aliphatic rings. The number of hydrogen-bond acceptors (Lipinski definition) is 1. The van der Waals surface area contributed by atoms with E-state index >= 15 is 0 Å². The minimum Gasteiger partial charge on any atom is -0.300 e. The van der Waals surface area contributed by atoms with Crippen LogP contribution >= 0.6 is 0 Å². The average molecular weight is 597 g/mol. The van der Waals surface area contributed by atoms with E-state index in [1.807, 2.05) is 20.0 Å². The summed E-state index contributed by atoms with van der Waals surface area (Å²) < 4.78 is 2.28. The molecular weight excluding hydrogens is 544 g/mol. The van der Waals surface area contributed by atoms with E-state index in [0.29, 0.717) is 17.8 Å². The lowest BCUT2D eigenvalue weighted by atomic mass is 9.82. The Morgan fingerprint density at radius 1 is 0.778 bits per heavy atom. The summed E-state index contributed by atoms with van der Waals surface area (Å²) in [6.45, 7) is 22.4. The van der Waals surface area contributed by atoms with Crippen LogP contribution in [0.4, 0.5) is 0 Å². The number of rotatable bonds is 8. The van der Waals surface area contributed by atoms with E-state index in [-0.39, 0.29) is 5.41 Å². The number of aromatic nitrogens is 2. The van der Waals surface area contributed by atoms with Gasteiger partial charge in [-0.25, -0.2) is 4.98 Å². The summed E-state index contributed by atoms with van der Waals surface area (Å²) in [5.74, 6) is 2.62. The highest BCUT2D eigenvalue weighted by molar-refractivity contribution is 5.79. The maximum absolute atomic E-state index is 5.04. The molecule has 45 heavy (non-hydrogen) atoms. The van der Waals surface area contributed by atoms with Gasteiger partial charge >= 0.3 is 0 Å². The molecule has 0 bridgehead atoms. The van der Waals surface area contributed by atoms with E-state index < -0.39 is 0 Å². The van der Waals surface area contributed by atoms with Crippen LogP contribution in [0, 0.1) is 19.8 Å². The molecule has 2 heteroatoms. The Morgan fingerprint density at radius 2 is 1.36 bits per heavy atom. The second-order valence-corrected chi connectivity index (χ2v) is 13.5. The molecule has 0 saturated heterocycles. The van der Waals surface area contributed by atoms with E-state index in [9.17, 15) is 0 Å². The monoisotopic (exact) mass is 596 g/mol. The summed E-state index contributed by atoms with van der Waals surface area (Å²) in [6.07, 6.45) is 6.52. The minimum atomic E-state index is 0.185. The lowest BCUT2D eigenvalue weighted by molar-refractivity contribution is 0.643. The van der Waals surface area contributed by atoms with Crippen LogP contribution in [0.3, 0.4) is 0 Å². The van der Waals surface area contributed by atoms with Crippen LogP contribution in [-0.2, 0) is 5.41 Å². The summed E-state index contributed by atoms with van der Waals surface area (Å²) in [4.78, 5) is 5.04. The molecule has 0 N–H and O–H groups in total. The van der Waals surface area contributed by atoms with Gasteiger partial charge in [0, 0.05) is 23.6 Å². The molecule has 2 nitrogen and oxygen atoms in total. The fourth-order valence-electron chi connectivity index (χ4n) is 7.41. The van der Waals surface area contributed by atoms with E-state index in [4.69, 9.17) is 4.98 Å². The van der Waals surface area contributed by atoms with Crippen molar-refractivity contribution in [1.29, 1.82) is 0 Å². The van der Waals surface area contributed by atoms with Crippen molar-refractivity contribution >= 4 is 0 Å². The normalized spacial score (nSPS) is 17.4. The predicted molar refractivity (Wildman–Crippen MR) is 195 cm³/mol. The maximum atomic E-state index is 5.04. The van der Waals surface area contributed by atoms with Gasteiger partial charge in [0.2, 0.25) is 0 Å². The molecule has 1 aromatic heterocycles. The number of benzene rings is 4. The summed E-state index contributed by atoms with van der Waals surface area (Å²) in [5, 5.41) is 0. The molecule has 1 unspecified atom stereocenters. The first-order chi connectivity index (χ1) is 21.6. The van der Waals surface area contributed by atoms with Crippen molar-refractivity contribution in [3.05, 3.63) is 119 Å². The van der Waals surface area contributed by atoms with Crippen molar-refractivity contribution in [3.63, 3.8) is 0 Å². The van der Waals surface area contributed by atoms with Gasteiger partial charge in [0.1, 0.15) is 5.82 Å². The SMILES string of the molecule is CC.CC[C@H]1CC1(C)c1ccc(-c2c(C(C)C)cccc2C(C)C)cc1-c1nccn1-c1ccc(-c2c(C)cccc2C)cc1. The Labute approximate surface area is 272 Å². The Hall–Kier alpha value is -3.91. The third kappa shape index (κ3) is 6.05. The minimum absolute atomic E-state index is 0.185. The van der Waals surface area contributed by atoms with Gasteiger partial charge in [0.05, 0.1) is 0 Å². The lowest BCUT2D eigenvalue weighted by Gasteiger charge is -2.23. The van der Waals surface area contributed by atoms with Crippen LogP contribution in [0.1, 0.15) is 108 Å². The van der Waals surface area contributed by atoms with Gasteiger partial charge in [-0.3, -0.25) is 4.57 Å². The van der Waals surface area contributed by atoms with E-state index in [2.05, 4.69) is 145 Å². The van der Waals surface area contributed by atoms with Crippen molar-refractivity contribution in [1.82, 2.24) is 9.55 Å². The molecule has 0 radical (unpaired) electrons. The highest BCUT2D eigenvalue weighted by atomic mass is 15.1. The Morgan fingerprint density at radius 3 is 1.91 bits per heavy atom. The van der Waals surface area contributed by atoms with Gasteiger partial charge < -0.3 is 0 Å². The first kappa shape index (κ1) is 32.5. The number of imidazole rings is 1. The molecular formula is C43H52N2. The third-order valence-electron chi connectivity index (χ3n) is 10.00. The summed E-state index contributed by atoms with van der Waals surface area (Å²) >= 11 is 0. The van der Waals surface area contributed by atoms with Crippen molar-refractivity contribution in [2.24, 2.45) is 5.92 Å². The molecule has 0 amide bonds. The molecule has 4 aromatic carbocycles. The number of hydrogen-bond donors (Lipinski definition) is 0. The zero-order chi connectivity index (χ0) is 32.5. The molecule has 1 aliphatic carbocycles. The van der Waals surface area contributed by atoms with Crippen LogP contribution in [0.5, 0.6) is 0 Å². The maximum Gasteiger partial charge on any atom is 0.144 e. The standard InChI is InChI=1S/C41H46N2.C2H6/c1-9-32-25-41(32,8)37-21-18-31(39-34(26(2)3)14-11-15-35(39)27(4)5)24-36(37)40-42-22-23-43(40)33-19-16-30(17-20-33)38-28(6)12-10-13-29(38)7;1-2/h10-24,26-27,32H,9,25H2,1-8H3;1-2H3/t32-,41?;/m0./s1. The van der Waals surface area contributed by atoms with Crippen molar-refractivity contribution in [2.45, 2.75) is 99.3 Å². The molecule has 6 rings (SSSR count). The first-order valence-electron chi connectivity index (χ1n) is 17.1. The second kappa shape index (κ2) is 13.2. The Kier molecular flexibility index (Phi) is 9.54. The number of nitrogens with zero attached hydrogens (tertiary/aromatic N) is 2. The lowest BCUT2D eigenvalue weighted by Crippen LogP contribution is -2.09. The topological polar surface area (TPSA) is 17.8 Å². The molecule has 1 saturated carbocycles. The van der Waals surface area contributed by atoms with Gasteiger partial charge in [-0.05, 0) is 112 Å². The van der Waals surface area contributed by atoms with E-state index in [1.165, 1.54) is 68.5 Å². The molecule has 2 atom stereocenters. The largest absolute Gasteiger partial charge is 0.300 e. The van der Waals surface area contributed by atoms with Gasteiger partial charge in [-0.15, -0.1) is 0 Å². The van der Waals surface area contributed by atoms with E-state index in [0.717, 1.165) is 11.5 Å². The van der Waals surface area contributed by atoms with Gasteiger partial charge in [0.25, 0.3) is 0 Å². The first-order valence-corrected chi connectivity index (χ1v) is 17.1. The molecule has 1 heterocycles. The summed E-state index contributed by atoms with van der Waals surface area (Å²) in [7, 11) is 0. The predicted octanol–water partition coefficient (Wildman–Crippen LogP) is 12.5. The molecule has 5 aromatic rings. The zero-order valence-electron chi connectivity index (χ0n) is 29.2. The smallest absolute Gasteiger partial charge is 0.144 e.